The number of aliphatic hydroxyl groups excluding tert-OH is 1. The van der Waals surface area contributed by atoms with Gasteiger partial charge >= 0.3 is 10.3 Å². The summed E-state index contributed by atoms with van der Waals surface area (Å²) in [5.74, 6) is 1.01. The number of benzene rings is 1. The van der Waals surface area contributed by atoms with Gasteiger partial charge in [0.15, 0.2) is 0 Å². The number of fused-ring (bicyclic) bond motifs is 1. The van der Waals surface area contributed by atoms with Gasteiger partial charge in [-0.05, 0) is 54.7 Å². The molecule has 0 spiro atoms. The molecule has 2 aromatic heterocycles. The number of carbonyl (C=O) groups excluding carboxylic acids is 1. The van der Waals surface area contributed by atoms with Gasteiger partial charge in [-0.1, -0.05) is 17.7 Å². The first-order chi connectivity index (χ1) is 17.6. The molecule has 2 aliphatic rings. The average molecular weight is 581 g/mol. The largest absolute Gasteiger partial charge is 0.390 e. The molecule has 3 aromatic rings. The number of hydrogen-bond donors (Lipinski definition) is 3. The van der Waals surface area contributed by atoms with Crippen molar-refractivity contribution in [3.05, 3.63) is 73.8 Å². The fraction of sp³-hybridized carbons (Fsp3) is 0.375. The van der Waals surface area contributed by atoms with Crippen LogP contribution in [0.25, 0.3) is 0 Å². The lowest BCUT2D eigenvalue weighted by Crippen LogP contribution is -2.31. The summed E-state index contributed by atoms with van der Waals surface area (Å²) in [7, 11) is -2.71. The molecule has 0 amide bonds. The number of aryl methyl sites for hydroxylation is 1. The monoisotopic (exact) mass is 580 g/mol. The Hall–Kier alpha value is -2.06. The van der Waals surface area contributed by atoms with Crippen molar-refractivity contribution >= 4 is 56.6 Å². The molecule has 1 aliphatic heterocycles. The van der Waals surface area contributed by atoms with Crippen LogP contribution in [0.1, 0.15) is 54.9 Å². The van der Waals surface area contributed by atoms with Crippen LogP contribution in [0.5, 0.6) is 0 Å². The van der Waals surface area contributed by atoms with Gasteiger partial charge in [0.25, 0.3) is 0 Å². The highest BCUT2D eigenvalue weighted by Crippen LogP contribution is 2.49. The summed E-state index contributed by atoms with van der Waals surface area (Å²) in [5, 5.41) is 14.3. The van der Waals surface area contributed by atoms with Crippen LogP contribution in [0, 0.1) is 6.92 Å². The minimum atomic E-state index is -3.94. The van der Waals surface area contributed by atoms with Gasteiger partial charge < -0.3 is 10.4 Å². The lowest BCUT2D eigenvalue weighted by Gasteiger charge is -2.15. The second kappa shape index (κ2) is 10.6. The number of nitrogens with one attached hydrogen (secondary N) is 2. The summed E-state index contributed by atoms with van der Waals surface area (Å²) in [6.45, 7) is 2.01. The molecule has 37 heavy (non-hydrogen) atoms. The molecule has 1 fully saturated rings. The molecule has 3 heterocycles. The van der Waals surface area contributed by atoms with Crippen molar-refractivity contribution in [2.75, 3.05) is 12.4 Å². The van der Waals surface area contributed by atoms with E-state index in [1.54, 1.807) is 0 Å². The summed E-state index contributed by atoms with van der Waals surface area (Å²) in [6, 6.07) is 7.56. The smallest absolute Gasteiger partial charge is 0.335 e. The Morgan fingerprint density at radius 2 is 2.05 bits per heavy atom. The highest BCUT2D eigenvalue weighted by atomic mass is 35.5. The molecular weight excluding hydrogens is 556 g/mol. The zero-order chi connectivity index (χ0) is 26.3. The lowest BCUT2D eigenvalue weighted by molar-refractivity contribution is 0.0636. The molecule has 1 saturated carbocycles. The van der Waals surface area contributed by atoms with E-state index < -0.39 is 22.5 Å². The number of aromatic nitrogens is 2. The Bertz CT molecular complexity index is 1450. The van der Waals surface area contributed by atoms with Crippen LogP contribution in [0.15, 0.2) is 36.8 Å². The van der Waals surface area contributed by atoms with E-state index in [4.69, 9.17) is 15.8 Å². The number of halogens is 1. The third-order valence-electron chi connectivity index (χ3n) is 6.53. The van der Waals surface area contributed by atoms with Crippen LogP contribution < -0.4 is 10.0 Å². The number of thiophene rings is 1. The van der Waals surface area contributed by atoms with E-state index in [9.17, 15) is 18.3 Å². The molecule has 0 bridgehead atoms. The summed E-state index contributed by atoms with van der Waals surface area (Å²) in [6.07, 6.45) is 1.39. The molecule has 0 saturated heterocycles. The van der Waals surface area contributed by atoms with Crippen molar-refractivity contribution in [3.63, 3.8) is 0 Å². The molecule has 3 N–H and O–H groups in total. The van der Waals surface area contributed by atoms with Crippen LogP contribution in [-0.4, -0.2) is 54.6 Å². The van der Waals surface area contributed by atoms with Gasteiger partial charge in [-0.3, -0.25) is 8.98 Å². The van der Waals surface area contributed by atoms with Crippen molar-refractivity contribution in [2.45, 2.75) is 49.0 Å². The maximum absolute atomic E-state index is 13.6. The van der Waals surface area contributed by atoms with Crippen molar-refractivity contribution in [1.29, 1.82) is 0 Å². The Morgan fingerprint density at radius 1 is 1.24 bits per heavy atom. The van der Waals surface area contributed by atoms with Crippen LogP contribution in [-0.2, 0) is 20.2 Å². The van der Waals surface area contributed by atoms with E-state index in [2.05, 4.69) is 26.1 Å². The molecule has 13 heteroatoms. The lowest BCUT2D eigenvalue weighted by atomic mass is 10.00. The quantitative estimate of drug-likeness (QED) is 0.340. The Balaban J connectivity index is 1.36. The molecule has 1 aromatic carbocycles. The van der Waals surface area contributed by atoms with E-state index in [1.165, 1.54) is 42.0 Å². The third kappa shape index (κ3) is 5.56. The standard InChI is InChI=1S/C24H25ClN4O5S3/c1-12-16(23-17-5-14(25)4-3-13(17)10-35-23)8-21(36-12)22(31)18-9-27-11-28-24(18)29-15-6-19(30)20(7-15)34-37(32,33)26-2/h3-5,8-9,11,15,19-20,23,26,30H,6-7,10H2,1-2H3,(H,27,28,29)/t15?,19?,20?,23-/m1/s1. The number of carbonyl (C=O) groups is 1. The van der Waals surface area contributed by atoms with Gasteiger partial charge in [0.05, 0.1) is 21.8 Å². The van der Waals surface area contributed by atoms with E-state index in [1.807, 2.05) is 36.9 Å². The second-order valence-corrected chi connectivity index (χ2v) is 13.2. The van der Waals surface area contributed by atoms with Crippen molar-refractivity contribution in [3.8, 4) is 0 Å². The minimum Gasteiger partial charge on any atom is -0.390 e. The molecule has 3 unspecified atom stereocenters. The number of anilines is 1. The zero-order valence-electron chi connectivity index (χ0n) is 20.0. The minimum absolute atomic E-state index is 0.113. The summed E-state index contributed by atoms with van der Waals surface area (Å²) in [5.41, 5.74) is 3.83. The van der Waals surface area contributed by atoms with Gasteiger partial charge in [0, 0.05) is 34.9 Å². The zero-order valence-corrected chi connectivity index (χ0v) is 23.2. The summed E-state index contributed by atoms with van der Waals surface area (Å²) < 4.78 is 30.6. The molecule has 5 rings (SSSR count). The molecular formula is C24H25ClN4O5S3. The van der Waals surface area contributed by atoms with Gasteiger partial charge in [0.1, 0.15) is 18.2 Å². The third-order valence-corrected chi connectivity index (χ3v) is 10.1. The first-order valence-electron chi connectivity index (χ1n) is 11.6. The van der Waals surface area contributed by atoms with Gasteiger partial charge in [-0.2, -0.15) is 13.1 Å². The number of nitrogens with zero attached hydrogens (tertiary/aromatic N) is 2. The van der Waals surface area contributed by atoms with Gasteiger partial charge in [-0.25, -0.2) is 9.97 Å². The number of ketones is 1. The number of thioether (sulfide) groups is 1. The van der Waals surface area contributed by atoms with E-state index in [-0.39, 0.29) is 29.9 Å². The normalized spacial score (nSPS) is 23.2. The van der Waals surface area contributed by atoms with E-state index in [0.29, 0.717) is 21.3 Å². The van der Waals surface area contributed by atoms with Crippen molar-refractivity contribution in [2.24, 2.45) is 0 Å². The van der Waals surface area contributed by atoms with Gasteiger partial charge in [-0.15, -0.1) is 23.1 Å². The van der Waals surface area contributed by atoms with Crippen LogP contribution >= 0.6 is 34.7 Å². The predicted molar refractivity (Wildman–Crippen MR) is 145 cm³/mol. The first-order valence-corrected chi connectivity index (χ1v) is 15.2. The van der Waals surface area contributed by atoms with Crippen LogP contribution in [0.2, 0.25) is 5.02 Å². The molecule has 1 aliphatic carbocycles. The average Bonchev–Trinajstić information content (AvgIpc) is 3.55. The molecule has 9 nitrogen and oxygen atoms in total. The maximum atomic E-state index is 13.6. The van der Waals surface area contributed by atoms with Crippen LogP contribution in [0.4, 0.5) is 5.82 Å². The second-order valence-electron chi connectivity index (χ2n) is 8.94. The Labute approximate surface area is 228 Å². The number of hydrogen-bond acceptors (Lipinski definition) is 10. The number of aliphatic hydroxyl groups is 1. The maximum Gasteiger partial charge on any atom is 0.335 e. The first kappa shape index (κ1) is 26.5. The van der Waals surface area contributed by atoms with Crippen molar-refractivity contribution < 1.29 is 22.5 Å². The summed E-state index contributed by atoms with van der Waals surface area (Å²) >= 11 is 9.50. The fourth-order valence-corrected chi connectivity index (χ4v) is 8.01. The van der Waals surface area contributed by atoms with E-state index >= 15 is 0 Å². The highest BCUT2D eigenvalue weighted by Gasteiger charge is 2.37. The van der Waals surface area contributed by atoms with Gasteiger partial charge in [0.2, 0.25) is 5.78 Å². The summed E-state index contributed by atoms with van der Waals surface area (Å²) in [4.78, 5) is 23.5. The number of rotatable bonds is 8. The molecule has 4 atom stereocenters. The Kier molecular flexibility index (Phi) is 7.60. The SMILES string of the molecule is CNS(=O)(=O)OC1CC(Nc2ncncc2C(=O)c2cc([C@H]3SCc4ccc(Cl)cc43)c(C)s2)CC1O. The Morgan fingerprint density at radius 3 is 2.84 bits per heavy atom. The topological polar surface area (TPSA) is 131 Å². The van der Waals surface area contributed by atoms with E-state index in [0.717, 1.165) is 16.2 Å². The highest BCUT2D eigenvalue weighted by molar-refractivity contribution is 7.99. The van der Waals surface area contributed by atoms with Crippen molar-refractivity contribution in [1.82, 2.24) is 14.7 Å². The predicted octanol–water partition coefficient (Wildman–Crippen LogP) is 3.85. The molecule has 0 radical (unpaired) electrons. The fourth-order valence-electron chi connectivity index (χ4n) is 4.68. The van der Waals surface area contributed by atoms with Crippen LogP contribution in [0.3, 0.4) is 0 Å². The molecule has 196 valence electrons.